The Balaban J connectivity index is 1.64. The molecule has 3 rings (SSSR count). The van der Waals surface area contributed by atoms with E-state index in [1.54, 1.807) is 54.0 Å². The van der Waals surface area contributed by atoms with Crippen LogP contribution in [0.25, 0.3) is 0 Å². The van der Waals surface area contributed by atoms with Gasteiger partial charge in [-0.2, -0.15) is 0 Å². The van der Waals surface area contributed by atoms with Crippen molar-refractivity contribution in [3.05, 3.63) is 95.1 Å². The summed E-state index contributed by atoms with van der Waals surface area (Å²) < 4.78 is 0. The quantitative estimate of drug-likeness (QED) is 0.180. The van der Waals surface area contributed by atoms with Gasteiger partial charge in [-0.3, -0.25) is 14.8 Å². The third kappa shape index (κ3) is 6.90. The number of hydrogen-bond acceptors (Lipinski definition) is 5. The third-order valence-electron chi connectivity index (χ3n) is 4.64. The highest BCUT2D eigenvalue weighted by atomic mass is 16.5. The second-order valence-corrected chi connectivity index (χ2v) is 7.07. The molecule has 0 spiro atoms. The van der Waals surface area contributed by atoms with Gasteiger partial charge in [-0.15, -0.1) is 0 Å². The number of carbonyl (C=O) groups is 2. The molecule has 1 atom stereocenters. The van der Waals surface area contributed by atoms with Crippen LogP contribution in [0.2, 0.25) is 0 Å². The molecule has 164 valence electrons. The Morgan fingerprint density at radius 1 is 0.848 bits per heavy atom. The first-order valence-corrected chi connectivity index (χ1v) is 9.95. The molecule has 3 aromatic rings. The fourth-order valence-electron chi connectivity index (χ4n) is 2.87. The molecular weight excluding hydrogens is 418 g/mol. The number of nitrogens with two attached hydrogens (primary N) is 1. The highest BCUT2D eigenvalue weighted by Crippen LogP contribution is 2.12. The van der Waals surface area contributed by atoms with Crippen LogP contribution in [0.1, 0.15) is 27.0 Å². The molecule has 33 heavy (non-hydrogen) atoms. The average Bonchev–Trinajstić information content (AvgIpc) is 2.83. The van der Waals surface area contributed by atoms with Crippen molar-refractivity contribution in [2.45, 2.75) is 12.5 Å². The minimum Gasteiger partial charge on any atom is -0.508 e. The predicted octanol–water partition coefficient (Wildman–Crippen LogP) is 2.22. The Hall–Kier alpha value is -4.72. The van der Waals surface area contributed by atoms with Crippen molar-refractivity contribution in [1.29, 1.82) is 0 Å². The standard InChI is InChI=1S/C26H21N3O4/c27-22-13-7-19(8-14-22)4-2-1-3-18-5-11-21(12-6-18)25(31)28-24(26(32)29-33)17-20-9-15-23(30)16-10-20/h5-16,24,30,33H,17,27H2,(H,28,31)(H,29,32)/t24-/m0/s1. The van der Waals surface area contributed by atoms with Crippen LogP contribution in [-0.2, 0) is 11.2 Å². The van der Waals surface area contributed by atoms with E-state index in [1.807, 2.05) is 12.1 Å². The van der Waals surface area contributed by atoms with Crippen molar-refractivity contribution in [3.8, 4) is 29.4 Å². The van der Waals surface area contributed by atoms with Gasteiger partial charge in [-0.1, -0.05) is 24.0 Å². The van der Waals surface area contributed by atoms with E-state index in [-0.39, 0.29) is 12.2 Å². The smallest absolute Gasteiger partial charge is 0.266 e. The Labute approximate surface area is 191 Å². The van der Waals surface area contributed by atoms with Crippen molar-refractivity contribution in [3.63, 3.8) is 0 Å². The number of benzene rings is 3. The summed E-state index contributed by atoms with van der Waals surface area (Å²) in [7, 11) is 0. The van der Waals surface area contributed by atoms with Crippen LogP contribution in [0.3, 0.4) is 0 Å². The van der Waals surface area contributed by atoms with Gasteiger partial charge in [0, 0.05) is 28.8 Å². The Kier molecular flexibility index (Phi) is 7.69. The molecule has 0 aliphatic rings. The number of amides is 2. The van der Waals surface area contributed by atoms with E-state index >= 15 is 0 Å². The van der Waals surface area contributed by atoms with Gasteiger partial charge < -0.3 is 16.2 Å². The Bertz CT molecular complexity index is 1240. The molecule has 0 bridgehead atoms. The van der Waals surface area contributed by atoms with Crippen LogP contribution >= 0.6 is 0 Å². The maximum atomic E-state index is 12.6. The number of phenols is 1. The van der Waals surface area contributed by atoms with Crippen LogP contribution in [0.5, 0.6) is 5.75 Å². The van der Waals surface area contributed by atoms with Crippen molar-refractivity contribution in [2.75, 3.05) is 5.73 Å². The average molecular weight is 439 g/mol. The molecule has 0 unspecified atom stereocenters. The number of nitrogens with one attached hydrogen (secondary N) is 2. The SMILES string of the molecule is Nc1ccc(C#CC#Cc2ccc(C(=O)N[C@@H](Cc3ccc(O)cc3)C(=O)NO)cc2)cc1. The molecular formula is C26H21N3O4. The lowest BCUT2D eigenvalue weighted by molar-refractivity contribution is -0.131. The van der Waals surface area contributed by atoms with E-state index in [0.29, 0.717) is 22.4 Å². The van der Waals surface area contributed by atoms with Crippen LogP contribution in [0, 0.1) is 23.7 Å². The molecule has 7 heteroatoms. The van der Waals surface area contributed by atoms with Gasteiger partial charge in [0.05, 0.1) is 0 Å². The molecule has 0 fully saturated rings. The number of carbonyl (C=O) groups excluding carboxylic acids is 2. The third-order valence-corrected chi connectivity index (χ3v) is 4.64. The van der Waals surface area contributed by atoms with Crippen molar-refractivity contribution < 1.29 is 19.9 Å². The highest BCUT2D eigenvalue weighted by Gasteiger charge is 2.21. The summed E-state index contributed by atoms with van der Waals surface area (Å²) in [5.74, 6) is 10.2. The first kappa shape index (κ1) is 23.0. The summed E-state index contributed by atoms with van der Waals surface area (Å²) in [6.07, 6.45) is 0.134. The zero-order chi connectivity index (χ0) is 23.6. The number of hydrogen-bond donors (Lipinski definition) is 5. The van der Waals surface area contributed by atoms with E-state index in [9.17, 15) is 14.7 Å². The maximum Gasteiger partial charge on any atom is 0.266 e. The second kappa shape index (κ2) is 11.1. The highest BCUT2D eigenvalue weighted by molar-refractivity contribution is 5.97. The van der Waals surface area contributed by atoms with Gasteiger partial charge in [-0.05, 0) is 78.1 Å². The summed E-state index contributed by atoms with van der Waals surface area (Å²) in [4.78, 5) is 24.6. The Morgan fingerprint density at radius 3 is 1.94 bits per heavy atom. The summed E-state index contributed by atoms with van der Waals surface area (Å²) in [6, 6.07) is 18.9. The number of phenolic OH excluding ortho intramolecular Hbond substituents is 1. The minimum absolute atomic E-state index is 0.0883. The first-order valence-electron chi connectivity index (χ1n) is 9.95. The molecule has 0 saturated heterocycles. The number of hydroxylamine groups is 1. The molecule has 0 heterocycles. The van der Waals surface area contributed by atoms with Gasteiger partial charge in [-0.25, -0.2) is 5.48 Å². The maximum absolute atomic E-state index is 12.6. The topological polar surface area (TPSA) is 125 Å². The summed E-state index contributed by atoms with van der Waals surface area (Å²) in [5.41, 5.74) is 10.4. The fourth-order valence-corrected chi connectivity index (χ4v) is 2.87. The molecule has 2 amide bonds. The minimum atomic E-state index is -1.00. The molecule has 0 radical (unpaired) electrons. The van der Waals surface area contributed by atoms with Gasteiger partial charge in [0.2, 0.25) is 0 Å². The van der Waals surface area contributed by atoms with Crippen molar-refractivity contribution >= 4 is 17.5 Å². The monoisotopic (exact) mass is 439 g/mol. The number of rotatable bonds is 5. The largest absolute Gasteiger partial charge is 0.508 e. The zero-order valence-electron chi connectivity index (χ0n) is 17.5. The number of nitrogen functional groups attached to an aromatic ring is 1. The normalized spacial score (nSPS) is 10.6. The van der Waals surface area contributed by atoms with E-state index in [1.165, 1.54) is 12.1 Å². The lowest BCUT2D eigenvalue weighted by Crippen LogP contribution is -2.47. The molecule has 0 aliphatic carbocycles. The van der Waals surface area contributed by atoms with Gasteiger partial charge in [0.25, 0.3) is 11.8 Å². The summed E-state index contributed by atoms with van der Waals surface area (Å²) in [5, 5.41) is 21.0. The van der Waals surface area contributed by atoms with Gasteiger partial charge in [0.15, 0.2) is 0 Å². The van der Waals surface area contributed by atoms with Gasteiger partial charge >= 0.3 is 0 Å². The van der Waals surface area contributed by atoms with Crippen LogP contribution < -0.4 is 16.5 Å². The molecule has 7 nitrogen and oxygen atoms in total. The van der Waals surface area contributed by atoms with E-state index in [0.717, 1.165) is 5.56 Å². The lowest BCUT2D eigenvalue weighted by atomic mass is 10.0. The zero-order valence-corrected chi connectivity index (χ0v) is 17.5. The number of anilines is 1. The van der Waals surface area contributed by atoms with Crippen molar-refractivity contribution in [2.24, 2.45) is 0 Å². The second-order valence-electron chi connectivity index (χ2n) is 7.07. The van der Waals surface area contributed by atoms with Crippen LogP contribution in [0.4, 0.5) is 5.69 Å². The summed E-state index contributed by atoms with van der Waals surface area (Å²) >= 11 is 0. The van der Waals surface area contributed by atoms with Gasteiger partial charge in [0.1, 0.15) is 11.8 Å². The van der Waals surface area contributed by atoms with Crippen LogP contribution in [0.15, 0.2) is 72.8 Å². The molecule has 3 aromatic carbocycles. The molecule has 0 saturated carbocycles. The molecule has 6 N–H and O–H groups in total. The summed E-state index contributed by atoms with van der Waals surface area (Å²) in [6.45, 7) is 0. The predicted molar refractivity (Wildman–Crippen MR) is 124 cm³/mol. The fraction of sp³-hybridized carbons (Fsp3) is 0.0769. The van der Waals surface area contributed by atoms with E-state index in [2.05, 4.69) is 29.0 Å². The molecule has 0 aliphatic heterocycles. The van der Waals surface area contributed by atoms with E-state index in [4.69, 9.17) is 10.9 Å². The molecule has 0 aromatic heterocycles. The Morgan fingerprint density at radius 2 is 1.39 bits per heavy atom. The first-order chi connectivity index (χ1) is 15.9. The van der Waals surface area contributed by atoms with Crippen LogP contribution in [-0.4, -0.2) is 28.2 Å². The van der Waals surface area contributed by atoms with Crippen molar-refractivity contribution in [1.82, 2.24) is 10.8 Å². The van der Waals surface area contributed by atoms with E-state index < -0.39 is 17.9 Å². The lowest BCUT2D eigenvalue weighted by Gasteiger charge is -2.17. The number of aromatic hydroxyl groups is 1.